The Morgan fingerprint density at radius 3 is 1.75 bits per heavy atom. The number of ether oxygens (including phenoxy) is 1. The smallest absolute Gasteiger partial charge is 0.356 e. The lowest BCUT2D eigenvalue weighted by Crippen LogP contribution is -2.52. The number of hydrogen-bond acceptors (Lipinski definition) is 8. The van der Waals surface area contributed by atoms with Crippen LogP contribution in [0.25, 0.3) is 0 Å². The molecule has 0 rings (SSSR count). The van der Waals surface area contributed by atoms with Crippen LogP contribution in [0.2, 0.25) is 0 Å². The number of aliphatic hydroxyl groups excluding tert-OH is 3. The normalized spacial score (nSPS) is 14.3. The molecule has 0 aromatic carbocycles. The Kier molecular flexibility index (Phi) is 14.8. The molecule has 28 heavy (non-hydrogen) atoms. The van der Waals surface area contributed by atoms with Gasteiger partial charge in [0.05, 0.1) is 13.2 Å². The van der Waals surface area contributed by atoms with Gasteiger partial charge in [-0.25, -0.2) is 9.59 Å². The van der Waals surface area contributed by atoms with E-state index in [1.165, 1.54) is 38.5 Å². The van der Waals surface area contributed by atoms with Gasteiger partial charge in [0.25, 0.3) is 0 Å². The molecular weight excluding hydrogens is 368 g/mol. The van der Waals surface area contributed by atoms with Gasteiger partial charge in [0.2, 0.25) is 5.60 Å². The summed E-state index contributed by atoms with van der Waals surface area (Å²) in [6.45, 7) is -0.0160. The second-order valence-corrected chi connectivity index (χ2v) is 7.13. The first-order valence-electron chi connectivity index (χ1n) is 10.2. The Morgan fingerprint density at radius 1 is 0.857 bits per heavy atom. The summed E-state index contributed by atoms with van der Waals surface area (Å²) in [6.07, 6.45) is 9.76. The van der Waals surface area contributed by atoms with E-state index in [1.807, 2.05) is 0 Å². The van der Waals surface area contributed by atoms with Gasteiger partial charge in [-0.1, -0.05) is 71.1 Å². The molecule has 0 aliphatic carbocycles. The molecular formula is C20H36O8. The SMILES string of the molecule is CCCCCCCCCCCCCC(=O)C(O)(CO)C(=O)OC(=O)C(O)CO. The Bertz CT molecular complexity index is 465. The van der Waals surface area contributed by atoms with E-state index in [9.17, 15) is 24.6 Å². The molecule has 0 aliphatic rings. The molecule has 0 heterocycles. The Hall–Kier alpha value is -1.35. The van der Waals surface area contributed by atoms with Crippen molar-refractivity contribution in [2.24, 2.45) is 0 Å². The minimum Gasteiger partial charge on any atom is -0.393 e. The Morgan fingerprint density at radius 2 is 1.32 bits per heavy atom. The number of carbonyl (C=O) groups excluding carboxylic acids is 3. The molecule has 0 bridgehead atoms. The van der Waals surface area contributed by atoms with Gasteiger partial charge in [-0.2, -0.15) is 0 Å². The zero-order valence-electron chi connectivity index (χ0n) is 16.9. The van der Waals surface area contributed by atoms with E-state index in [0.29, 0.717) is 6.42 Å². The van der Waals surface area contributed by atoms with Gasteiger partial charge in [0, 0.05) is 6.42 Å². The molecule has 8 nitrogen and oxygen atoms in total. The van der Waals surface area contributed by atoms with Crippen LogP contribution in [0.15, 0.2) is 0 Å². The number of rotatable bonds is 17. The summed E-state index contributed by atoms with van der Waals surface area (Å²) >= 11 is 0. The zero-order chi connectivity index (χ0) is 21.4. The predicted molar refractivity (Wildman–Crippen MR) is 102 cm³/mol. The lowest BCUT2D eigenvalue weighted by molar-refractivity contribution is -0.184. The second kappa shape index (κ2) is 15.6. The van der Waals surface area contributed by atoms with Crippen molar-refractivity contribution >= 4 is 17.7 Å². The van der Waals surface area contributed by atoms with Crippen molar-refractivity contribution in [1.82, 2.24) is 0 Å². The molecule has 0 saturated heterocycles. The standard InChI is InChI=1S/C20H36O8/c1-2-3-4-5-6-7-8-9-10-11-12-13-17(24)20(27,15-22)19(26)28-18(25)16(23)14-21/h16,21-23,27H,2-15H2,1H3. The van der Waals surface area contributed by atoms with E-state index in [-0.39, 0.29) is 6.42 Å². The van der Waals surface area contributed by atoms with Crippen molar-refractivity contribution in [2.75, 3.05) is 13.2 Å². The summed E-state index contributed by atoms with van der Waals surface area (Å²) in [5, 5.41) is 36.9. The number of unbranched alkanes of at least 4 members (excludes halogenated alkanes) is 10. The van der Waals surface area contributed by atoms with Crippen LogP contribution in [0, 0.1) is 0 Å². The van der Waals surface area contributed by atoms with Gasteiger partial charge in [-0.05, 0) is 6.42 Å². The van der Waals surface area contributed by atoms with Crippen molar-refractivity contribution in [3.63, 3.8) is 0 Å². The van der Waals surface area contributed by atoms with Crippen LogP contribution in [0.1, 0.15) is 84.0 Å². The number of aliphatic hydroxyl groups is 4. The molecule has 2 unspecified atom stereocenters. The van der Waals surface area contributed by atoms with Crippen molar-refractivity contribution in [1.29, 1.82) is 0 Å². The van der Waals surface area contributed by atoms with E-state index < -0.39 is 42.6 Å². The highest BCUT2D eigenvalue weighted by Crippen LogP contribution is 2.16. The first-order valence-corrected chi connectivity index (χ1v) is 10.2. The van der Waals surface area contributed by atoms with Crippen LogP contribution in [0.3, 0.4) is 0 Å². The summed E-state index contributed by atoms with van der Waals surface area (Å²) in [7, 11) is 0. The molecule has 0 spiro atoms. The maximum absolute atomic E-state index is 12.1. The average Bonchev–Trinajstić information content (AvgIpc) is 2.70. The number of carbonyl (C=O) groups is 3. The summed E-state index contributed by atoms with van der Waals surface area (Å²) in [4.78, 5) is 35.2. The average molecular weight is 405 g/mol. The van der Waals surface area contributed by atoms with Crippen LogP contribution in [0.4, 0.5) is 0 Å². The highest BCUT2D eigenvalue weighted by molar-refractivity contribution is 6.09. The Labute approximate surface area is 166 Å². The number of ketones is 1. The minimum absolute atomic E-state index is 0.139. The minimum atomic E-state index is -2.84. The monoisotopic (exact) mass is 404 g/mol. The topological polar surface area (TPSA) is 141 Å². The molecule has 164 valence electrons. The quantitative estimate of drug-likeness (QED) is 0.162. The summed E-state index contributed by atoms with van der Waals surface area (Å²) < 4.78 is 4.17. The lowest BCUT2D eigenvalue weighted by atomic mass is 9.94. The summed E-state index contributed by atoms with van der Waals surface area (Å²) in [6, 6.07) is 0. The van der Waals surface area contributed by atoms with Gasteiger partial charge in [-0.15, -0.1) is 0 Å². The second-order valence-electron chi connectivity index (χ2n) is 7.13. The third kappa shape index (κ3) is 10.3. The number of Topliss-reactive ketones (excluding diaryl/α,β-unsaturated/α-hetero) is 1. The highest BCUT2D eigenvalue weighted by Gasteiger charge is 2.45. The largest absolute Gasteiger partial charge is 0.393 e. The fraction of sp³-hybridized carbons (Fsp3) is 0.850. The first kappa shape index (κ1) is 26.6. The lowest BCUT2D eigenvalue weighted by Gasteiger charge is -2.22. The summed E-state index contributed by atoms with van der Waals surface area (Å²) in [5.74, 6) is -4.09. The molecule has 0 saturated carbocycles. The van der Waals surface area contributed by atoms with Crippen molar-refractivity contribution in [3.8, 4) is 0 Å². The van der Waals surface area contributed by atoms with Gasteiger partial charge >= 0.3 is 11.9 Å². The van der Waals surface area contributed by atoms with Crippen molar-refractivity contribution in [3.05, 3.63) is 0 Å². The maximum atomic E-state index is 12.1. The predicted octanol–water partition coefficient (Wildman–Crippen LogP) is 1.40. The third-order valence-electron chi connectivity index (χ3n) is 4.67. The molecule has 0 aromatic rings. The number of esters is 2. The van der Waals surface area contributed by atoms with E-state index in [1.54, 1.807) is 0 Å². The van der Waals surface area contributed by atoms with E-state index in [4.69, 9.17) is 10.2 Å². The molecule has 0 aromatic heterocycles. The Balaban J connectivity index is 4.07. The number of hydrogen-bond donors (Lipinski definition) is 4. The van der Waals surface area contributed by atoms with Crippen LogP contribution in [-0.4, -0.2) is 63.1 Å². The van der Waals surface area contributed by atoms with Crippen LogP contribution >= 0.6 is 0 Å². The van der Waals surface area contributed by atoms with E-state index in [0.717, 1.165) is 25.7 Å². The van der Waals surface area contributed by atoms with Crippen molar-refractivity contribution < 1.29 is 39.5 Å². The molecule has 2 atom stereocenters. The van der Waals surface area contributed by atoms with Gasteiger partial charge < -0.3 is 25.2 Å². The molecule has 0 amide bonds. The van der Waals surface area contributed by atoms with E-state index >= 15 is 0 Å². The summed E-state index contributed by atoms with van der Waals surface area (Å²) in [5.41, 5.74) is -2.84. The van der Waals surface area contributed by atoms with Gasteiger partial charge in [0.1, 0.15) is 0 Å². The van der Waals surface area contributed by atoms with E-state index in [2.05, 4.69) is 11.7 Å². The fourth-order valence-electron chi connectivity index (χ4n) is 2.74. The molecule has 0 radical (unpaired) electrons. The molecule has 8 heteroatoms. The molecule has 0 fully saturated rings. The maximum Gasteiger partial charge on any atom is 0.356 e. The first-order chi connectivity index (χ1) is 13.3. The molecule has 0 aliphatic heterocycles. The molecule has 4 N–H and O–H groups in total. The zero-order valence-corrected chi connectivity index (χ0v) is 16.9. The van der Waals surface area contributed by atoms with Crippen LogP contribution in [0.5, 0.6) is 0 Å². The third-order valence-corrected chi connectivity index (χ3v) is 4.67. The fourth-order valence-corrected chi connectivity index (χ4v) is 2.74. The van der Waals surface area contributed by atoms with Crippen molar-refractivity contribution in [2.45, 2.75) is 95.7 Å². The van der Waals surface area contributed by atoms with Crippen LogP contribution in [-0.2, 0) is 19.1 Å². The van der Waals surface area contributed by atoms with Gasteiger partial charge in [0.15, 0.2) is 11.9 Å². The highest BCUT2D eigenvalue weighted by atomic mass is 16.6. The van der Waals surface area contributed by atoms with Gasteiger partial charge in [-0.3, -0.25) is 4.79 Å². The van der Waals surface area contributed by atoms with Crippen LogP contribution < -0.4 is 0 Å².